The summed E-state index contributed by atoms with van der Waals surface area (Å²) < 4.78 is 25.5. The Labute approximate surface area is 197 Å². The van der Waals surface area contributed by atoms with Crippen LogP contribution in [0, 0.1) is 0 Å². The maximum atomic E-state index is 12.7. The fourth-order valence-corrected chi connectivity index (χ4v) is 5.16. The number of para-hydroxylation sites is 1. The van der Waals surface area contributed by atoms with Gasteiger partial charge in [0.05, 0.1) is 10.6 Å². The molecular formula is C22H31IN4O2S. The number of nitrogens with one attached hydrogen (secondary N) is 1. The lowest BCUT2D eigenvalue weighted by atomic mass is 10.2. The van der Waals surface area contributed by atoms with Gasteiger partial charge in [-0.15, -0.1) is 24.0 Å². The van der Waals surface area contributed by atoms with Crippen molar-refractivity contribution < 1.29 is 8.42 Å². The first-order valence-electron chi connectivity index (χ1n) is 10.1. The van der Waals surface area contributed by atoms with Gasteiger partial charge in [0.2, 0.25) is 0 Å². The number of hydrogen-bond donors (Lipinski definition) is 1. The van der Waals surface area contributed by atoms with Crippen LogP contribution >= 0.6 is 24.0 Å². The standard InChI is InChI=1S/C22H30N4O2S.HI/c1-3-19(18-29(27,28)21-12-8-5-9-13-21)24-22(23-2)26-16-14-25(15-17-26)20-10-6-4-7-11-20;/h4-13,19H,3,14-18H2,1-2H3,(H,23,24);1H. The molecule has 164 valence electrons. The van der Waals surface area contributed by atoms with Crippen molar-refractivity contribution in [2.24, 2.45) is 4.99 Å². The first-order valence-corrected chi connectivity index (χ1v) is 11.7. The number of hydrogen-bond acceptors (Lipinski definition) is 4. The number of halogens is 1. The van der Waals surface area contributed by atoms with E-state index in [0.29, 0.717) is 11.3 Å². The molecule has 0 spiro atoms. The minimum atomic E-state index is -3.35. The van der Waals surface area contributed by atoms with Gasteiger partial charge in [0.15, 0.2) is 15.8 Å². The van der Waals surface area contributed by atoms with Gasteiger partial charge in [0, 0.05) is 45.0 Å². The number of rotatable bonds is 6. The third kappa shape index (κ3) is 6.34. The zero-order chi connectivity index (χ0) is 20.7. The third-order valence-corrected chi connectivity index (χ3v) is 7.09. The maximum Gasteiger partial charge on any atom is 0.194 e. The Morgan fingerprint density at radius 1 is 1.00 bits per heavy atom. The van der Waals surface area contributed by atoms with Crippen LogP contribution in [-0.2, 0) is 9.84 Å². The van der Waals surface area contributed by atoms with E-state index >= 15 is 0 Å². The highest BCUT2D eigenvalue weighted by atomic mass is 127. The molecular weight excluding hydrogens is 511 g/mol. The second-order valence-corrected chi connectivity index (χ2v) is 9.24. The van der Waals surface area contributed by atoms with Crippen molar-refractivity contribution in [3.63, 3.8) is 0 Å². The Morgan fingerprint density at radius 2 is 1.57 bits per heavy atom. The lowest BCUT2D eigenvalue weighted by molar-refractivity contribution is 0.367. The number of anilines is 1. The molecule has 0 saturated carbocycles. The lowest BCUT2D eigenvalue weighted by Crippen LogP contribution is -2.55. The van der Waals surface area contributed by atoms with Crippen LogP contribution in [0.5, 0.6) is 0 Å². The van der Waals surface area contributed by atoms with Gasteiger partial charge in [0.1, 0.15) is 0 Å². The van der Waals surface area contributed by atoms with Crippen LogP contribution in [-0.4, -0.2) is 64.3 Å². The smallest absolute Gasteiger partial charge is 0.194 e. The summed E-state index contributed by atoms with van der Waals surface area (Å²) in [5, 5.41) is 3.38. The van der Waals surface area contributed by atoms with E-state index in [0.717, 1.165) is 32.1 Å². The summed E-state index contributed by atoms with van der Waals surface area (Å²) in [6, 6.07) is 18.9. The van der Waals surface area contributed by atoms with Gasteiger partial charge in [-0.25, -0.2) is 8.42 Å². The van der Waals surface area contributed by atoms with E-state index in [4.69, 9.17) is 0 Å². The molecule has 3 rings (SSSR count). The number of piperazine rings is 1. The van der Waals surface area contributed by atoms with Crippen molar-refractivity contribution in [1.29, 1.82) is 0 Å². The van der Waals surface area contributed by atoms with Crippen LogP contribution in [0.4, 0.5) is 5.69 Å². The Hall–Kier alpha value is -1.81. The Bertz CT molecular complexity index is 899. The number of sulfone groups is 1. The zero-order valence-corrected chi connectivity index (χ0v) is 20.7. The van der Waals surface area contributed by atoms with Gasteiger partial charge >= 0.3 is 0 Å². The van der Waals surface area contributed by atoms with Crippen molar-refractivity contribution >= 4 is 45.5 Å². The molecule has 6 nitrogen and oxygen atoms in total. The Balaban J connectivity index is 0.00000320. The molecule has 1 aliphatic heterocycles. The average molecular weight is 542 g/mol. The predicted octanol–water partition coefficient (Wildman–Crippen LogP) is 3.25. The summed E-state index contributed by atoms with van der Waals surface area (Å²) in [6.07, 6.45) is 0.703. The van der Waals surface area contributed by atoms with E-state index in [1.54, 1.807) is 31.3 Å². The van der Waals surface area contributed by atoms with E-state index in [9.17, 15) is 8.42 Å². The molecule has 0 bridgehead atoms. The summed E-state index contributed by atoms with van der Waals surface area (Å²) in [5.41, 5.74) is 1.23. The molecule has 8 heteroatoms. The van der Waals surface area contributed by atoms with Crippen LogP contribution in [0.3, 0.4) is 0 Å². The van der Waals surface area contributed by atoms with E-state index in [-0.39, 0.29) is 35.8 Å². The average Bonchev–Trinajstić information content (AvgIpc) is 2.78. The summed E-state index contributed by atoms with van der Waals surface area (Å²) >= 11 is 0. The quantitative estimate of drug-likeness (QED) is 0.345. The topological polar surface area (TPSA) is 65.0 Å². The molecule has 0 amide bonds. The molecule has 1 N–H and O–H groups in total. The summed E-state index contributed by atoms with van der Waals surface area (Å²) in [6.45, 7) is 5.50. The Morgan fingerprint density at radius 3 is 2.10 bits per heavy atom. The second kappa shape index (κ2) is 11.5. The summed E-state index contributed by atoms with van der Waals surface area (Å²) in [7, 11) is -1.59. The zero-order valence-electron chi connectivity index (χ0n) is 17.6. The van der Waals surface area contributed by atoms with E-state index < -0.39 is 9.84 Å². The molecule has 0 radical (unpaired) electrons. The minimum Gasteiger partial charge on any atom is -0.368 e. The van der Waals surface area contributed by atoms with Gasteiger partial charge in [-0.05, 0) is 30.7 Å². The predicted molar refractivity (Wildman–Crippen MR) is 135 cm³/mol. The molecule has 1 atom stereocenters. The van der Waals surface area contributed by atoms with Crippen LogP contribution in [0.25, 0.3) is 0 Å². The molecule has 0 aromatic heterocycles. The number of nitrogens with zero attached hydrogens (tertiary/aromatic N) is 3. The fourth-order valence-electron chi connectivity index (χ4n) is 3.55. The summed E-state index contributed by atoms with van der Waals surface area (Å²) in [5.74, 6) is 0.823. The largest absolute Gasteiger partial charge is 0.368 e. The molecule has 1 saturated heterocycles. The molecule has 1 unspecified atom stereocenters. The first kappa shape index (κ1) is 24.5. The van der Waals surface area contributed by atoms with Crippen molar-refractivity contribution in [2.75, 3.05) is 43.9 Å². The normalized spacial score (nSPS) is 16.0. The fraction of sp³-hybridized carbons (Fsp3) is 0.409. The van der Waals surface area contributed by atoms with Gasteiger partial charge < -0.3 is 15.1 Å². The van der Waals surface area contributed by atoms with Gasteiger partial charge in [0.25, 0.3) is 0 Å². The van der Waals surface area contributed by atoms with Crippen molar-refractivity contribution in [2.45, 2.75) is 24.3 Å². The van der Waals surface area contributed by atoms with E-state index in [1.165, 1.54) is 5.69 Å². The van der Waals surface area contributed by atoms with E-state index in [2.05, 4.69) is 44.4 Å². The Kier molecular flexibility index (Phi) is 9.41. The molecule has 0 aliphatic carbocycles. The molecule has 1 heterocycles. The maximum absolute atomic E-state index is 12.7. The van der Waals surface area contributed by atoms with Crippen LogP contribution in [0.2, 0.25) is 0 Å². The van der Waals surface area contributed by atoms with Crippen molar-refractivity contribution in [3.05, 3.63) is 60.7 Å². The highest BCUT2D eigenvalue weighted by Gasteiger charge is 2.24. The van der Waals surface area contributed by atoms with Gasteiger partial charge in [-0.1, -0.05) is 43.3 Å². The van der Waals surface area contributed by atoms with Crippen LogP contribution in [0.1, 0.15) is 13.3 Å². The van der Waals surface area contributed by atoms with E-state index in [1.807, 2.05) is 19.1 Å². The summed E-state index contributed by atoms with van der Waals surface area (Å²) in [4.78, 5) is 9.35. The highest BCUT2D eigenvalue weighted by molar-refractivity contribution is 14.0. The number of aliphatic imine (C=N–C) groups is 1. The van der Waals surface area contributed by atoms with Gasteiger partial charge in [-0.2, -0.15) is 0 Å². The lowest BCUT2D eigenvalue weighted by Gasteiger charge is -2.38. The molecule has 1 fully saturated rings. The molecule has 30 heavy (non-hydrogen) atoms. The first-order chi connectivity index (χ1) is 14.0. The monoisotopic (exact) mass is 542 g/mol. The highest BCUT2D eigenvalue weighted by Crippen LogP contribution is 2.16. The van der Waals surface area contributed by atoms with Gasteiger partial charge in [-0.3, -0.25) is 4.99 Å². The molecule has 2 aromatic rings. The van der Waals surface area contributed by atoms with Crippen LogP contribution in [0.15, 0.2) is 70.6 Å². The van der Waals surface area contributed by atoms with Crippen LogP contribution < -0.4 is 10.2 Å². The number of guanidine groups is 1. The second-order valence-electron chi connectivity index (χ2n) is 7.20. The van der Waals surface area contributed by atoms with Crippen molar-refractivity contribution in [1.82, 2.24) is 10.2 Å². The van der Waals surface area contributed by atoms with Crippen molar-refractivity contribution in [3.8, 4) is 0 Å². The third-order valence-electron chi connectivity index (χ3n) is 5.26. The SMILES string of the molecule is CCC(CS(=O)(=O)c1ccccc1)NC(=NC)N1CCN(c2ccccc2)CC1.I. The minimum absolute atomic E-state index is 0. The molecule has 1 aliphatic rings. The molecule has 2 aromatic carbocycles. The number of benzene rings is 2.